The van der Waals surface area contributed by atoms with E-state index < -0.39 is 0 Å². The number of aryl methyl sites for hydroxylation is 1. The molecule has 1 nitrogen and oxygen atoms in total. The van der Waals surface area contributed by atoms with Gasteiger partial charge in [-0.25, -0.2) is 0 Å². The predicted molar refractivity (Wildman–Crippen MR) is 67.2 cm³/mol. The van der Waals surface area contributed by atoms with Gasteiger partial charge in [0.15, 0.2) is 0 Å². The number of nitrogens with zero attached hydrogens (tertiary/aromatic N) is 1. The van der Waals surface area contributed by atoms with Crippen molar-refractivity contribution in [2.24, 2.45) is 0 Å². The molecule has 1 aromatic rings. The normalized spacial score (nSPS) is 19.1. The average molecular weight is 205 g/mol. The molecule has 0 amide bonds. The van der Waals surface area contributed by atoms with E-state index in [1.165, 1.54) is 19.3 Å². The van der Waals surface area contributed by atoms with Crippen LogP contribution in [0.25, 0.3) is 0 Å². The molecule has 1 atom stereocenters. The van der Waals surface area contributed by atoms with Gasteiger partial charge in [0.2, 0.25) is 0 Å². The molecule has 2 rings (SSSR count). The van der Waals surface area contributed by atoms with Crippen molar-refractivity contribution in [1.29, 1.82) is 0 Å². The molecule has 0 heterocycles. The molecular formula is C14H23N. The summed E-state index contributed by atoms with van der Waals surface area (Å²) in [5, 5.41) is 0. The Labute approximate surface area is 94.1 Å². The van der Waals surface area contributed by atoms with Crippen molar-refractivity contribution in [3.63, 3.8) is 0 Å². The highest BCUT2D eigenvalue weighted by Gasteiger charge is 2.20. The lowest BCUT2D eigenvalue weighted by Crippen LogP contribution is -2.23. The summed E-state index contributed by atoms with van der Waals surface area (Å²) in [5.41, 5.74) is 3.09. The number of rotatable bonds is 1. The topological polar surface area (TPSA) is 3.24 Å². The van der Waals surface area contributed by atoms with Gasteiger partial charge in [0.1, 0.15) is 0 Å². The zero-order chi connectivity index (χ0) is 11.3. The SMILES string of the molecule is CC.CN(C)C1CCCc2ccccc21. The van der Waals surface area contributed by atoms with Gasteiger partial charge < -0.3 is 4.90 Å². The second kappa shape index (κ2) is 5.92. The molecule has 1 aliphatic carbocycles. The molecule has 0 aromatic heterocycles. The lowest BCUT2D eigenvalue weighted by Gasteiger charge is -2.30. The van der Waals surface area contributed by atoms with Gasteiger partial charge in [-0.15, -0.1) is 0 Å². The third kappa shape index (κ3) is 2.82. The standard InChI is InChI=1S/C12H17N.C2H6/c1-13(2)12-9-5-7-10-6-3-4-8-11(10)12;1-2/h3-4,6,8,12H,5,7,9H2,1-2H3;1-2H3. The molecule has 0 bridgehead atoms. The lowest BCUT2D eigenvalue weighted by molar-refractivity contribution is 0.268. The minimum Gasteiger partial charge on any atom is -0.302 e. The molecule has 84 valence electrons. The third-order valence-electron chi connectivity index (χ3n) is 2.96. The van der Waals surface area contributed by atoms with E-state index in [4.69, 9.17) is 0 Å². The Kier molecular flexibility index (Phi) is 4.83. The number of hydrogen-bond donors (Lipinski definition) is 0. The predicted octanol–water partition coefficient (Wildman–Crippen LogP) is 3.65. The Bertz CT molecular complexity index is 291. The van der Waals surface area contributed by atoms with E-state index in [0.29, 0.717) is 6.04 Å². The summed E-state index contributed by atoms with van der Waals surface area (Å²) in [5.74, 6) is 0. The van der Waals surface area contributed by atoms with E-state index in [9.17, 15) is 0 Å². The molecule has 0 saturated heterocycles. The summed E-state index contributed by atoms with van der Waals surface area (Å²) < 4.78 is 0. The van der Waals surface area contributed by atoms with Crippen LogP contribution in [0.4, 0.5) is 0 Å². The van der Waals surface area contributed by atoms with E-state index >= 15 is 0 Å². The zero-order valence-electron chi connectivity index (χ0n) is 10.5. The number of hydrogen-bond acceptors (Lipinski definition) is 1. The van der Waals surface area contributed by atoms with Crippen LogP contribution in [-0.4, -0.2) is 19.0 Å². The fourth-order valence-electron chi connectivity index (χ4n) is 2.26. The number of benzene rings is 1. The minimum atomic E-state index is 0.643. The van der Waals surface area contributed by atoms with E-state index in [1.54, 1.807) is 11.1 Å². The van der Waals surface area contributed by atoms with Crippen molar-refractivity contribution >= 4 is 0 Å². The van der Waals surface area contributed by atoms with Gasteiger partial charge in [-0.3, -0.25) is 0 Å². The van der Waals surface area contributed by atoms with Crippen molar-refractivity contribution < 1.29 is 0 Å². The summed E-state index contributed by atoms with van der Waals surface area (Å²) >= 11 is 0. The molecule has 1 aliphatic rings. The van der Waals surface area contributed by atoms with Crippen molar-refractivity contribution in [2.75, 3.05) is 14.1 Å². The Hall–Kier alpha value is -0.820. The zero-order valence-corrected chi connectivity index (χ0v) is 10.5. The Morgan fingerprint density at radius 1 is 1.13 bits per heavy atom. The fourth-order valence-corrected chi connectivity index (χ4v) is 2.26. The second-order valence-electron chi connectivity index (χ2n) is 4.07. The highest BCUT2D eigenvalue weighted by molar-refractivity contribution is 5.32. The molecular weight excluding hydrogens is 182 g/mol. The van der Waals surface area contributed by atoms with Crippen LogP contribution in [0.1, 0.15) is 43.9 Å². The van der Waals surface area contributed by atoms with Crippen LogP contribution < -0.4 is 0 Å². The highest BCUT2D eigenvalue weighted by Crippen LogP contribution is 2.32. The first-order valence-electron chi connectivity index (χ1n) is 6.03. The second-order valence-corrected chi connectivity index (χ2v) is 4.07. The van der Waals surface area contributed by atoms with E-state index in [1.807, 2.05) is 13.8 Å². The fraction of sp³-hybridized carbons (Fsp3) is 0.571. The van der Waals surface area contributed by atoms with Gasteiger partial charge in [-0.1, -0.05) is 38.1 Å². The van der Waals surface area contributed by atoms with Crippen LogP contribution in [0.5, 0.6) is 0 Å². The number of fused-ring (bicyclic) bond motifs is 1. The maximum atomic E-state index is 2.33. The minimum absolute atomic E-state index is 0.643. The van der Waals surface area contributed by atoms with Gasteiger partial charge in [0.05, 0.1) is 0 Å². The van der Waals surface area contributed by atoms with Crippen molar-refractivity contribution in [3.8, 4) is 0 Å². The average Bonchev–Trinajstić information content (AvgIpc) is 2.31. The Morgan fingerprint density at radius 2 is 1.80 bits per heavy atom. The summed E-state index contributed by atoms with van der Waals surface area (Å²) in [4.78, 5) is 2.33. The summed E-state index contributed by atoms with van der Waals surface area (Å²) in [7, 11) is 4.35. The van der Waals surface area contributed by atoms with Crippen LogP contribution in [-0.2, 0) is 6.42 Å². The maximum Gasteiger partial charge on any atom is 0.0344 e. The smallest absolute Gasteiger partial charge is 0.0344 e. The summed E-state index contributed by atoms with van der Waals surface area (Å²) in [6.45, 7) is 4.00. The van der Waals surface area contributed by atoms with Gasteiger partial charge in [0, 0.05) is 6.04 Å². The molecule has 0 radical (unpaired) electrons. The van der Waals surface area contributed by atoms with Crippen LogP contribution in [0.2, 0.25) is 0 Å². The van der Waals surface area contributed by atoms with Gasteiger partial charge >= 0.3 is 0 Å². The lowest BCUT2D eigenvalue weighted by atomic mass is 9.87. The van der Waals surface area contributed by atoms with Crippen molar-refractivity contribution in [2.45, 2.75) is 39.2 Å². The highest BCUT2D eigenvalue weighted by atomic mass is 15.1. The first kappa shape index (κ1) is 12.3. The van der Waals surface area contributed by atoms with Crippen LogP contribution in [0.15, 0.2) is 24.3 Å². The Balaban J connectivity index is 0.000000531. The summed E-state index contributed by atoms with van der Waals surface area (Å²) in [6, 6.07) is 9.49. The molecule has 0 saturated carbocycles. The monoisotopic (exact) mass is 205 g/mol. The Morgan fingerprint density at radius 3 is 2.47 bits per heavy atom. The van der Waals surface area contributed by atoms with E-state index in [2.05, 4.69) is 43.3 Å². The molecule has 15 heavy (non-hydrogen) atoms. The van der Waals surface area contributed by atoms with Crippen LogP contribution in [0, 0.1) is 0 Å². The van der Waals surface area contributed by atoms with Crippen molar-refractivity contribution in [1.82, 2.24) is 4.90 Å². The quantitative estimate of drug-likeness (QED) is 0.676. The summed E-state index contributed by atoms with van der Waals surface area (Å²) in [6.07, 6.45) is 3.91. The van der Waals surface area contributed by atoms with Crippen LogP contribution in [0.3, 0.4) is 0 Å². The molecule has 0 N–H and O–H groups in total. The van der Waals surface area contributed by atoms with Crippen LogP contribution >= 0.6 is 0 Å². The third-order valence-corrected chi connectivity index (χ3v) is 2.96. The molecule has 1 aromatic carbocycles. The molecule has 0 aliphatic heterocycles. The van der Waals surface area contributed by atoms with Crippen molar-refractivity contribution in [3.05, 3.63) is 35.4 Å². The van der Waals surface area contributed by atoms with Gasteiger partial charge in [-0.2, -0.15) is 0 Å². The molecule has 0 spiro atoms. The first-order valence-corrected chi connectivity index (χ1v) is 6.03. The van der Waals surface area contributed by atoms with Gasteiger partial charge in [-0.05, 0) is 44.5 Å². The van der Waals surface area contributed by atoms with E-state index in [0.717, 1.165) is 0 Å². The van der Waals surface area contributed by atoms with E-state index in [-0.39, 0.29) is 0 Å². The largest absolute Gasteiger partial charge is 0.302 e. The molecule has 0 fully saturated rings. The maximum absolute atomic E-state index is 2.33. The molecule has 1 unspecified atom stereocenters. The molecule has 1 heteroatoms. The first-order chi connectivity index (χ1) is 7.29. The van der Waals surface area contributed by atoms with Gasteiger partial charge in [0.25, 0.3) is 0 Å².